The van der Waals surface area contributed by atoms with Gasteiger partial charge in [0.1, 0.15) is 11.6 Å². The predicted octanol–water partition coefficient (Wildman–Crippen LogP) is 7.07. The van der Waals surface area contributed by atoms with Crippen LogP contribution in [0.1, 0.15) is 118 Å². The number of primary amides is 1. The first-order valence-electron chi connectivity index (χ1n) is 21.2. The third-order valence-corrected chi connectivity index (χ3v) is 16.4. The van der Waals surface area contributed by atoms with Crippen LogP contribution in [-0.4, -0.2) is 91.2 Å². The summed E-state index contributed by atoms with van der Waals surface area (Å²) >= 11 is 0. The van der Waals surface area contributed by atoms with Crippen molar-refractivity contribution in [3.8, 4) is 0 Å². The number of nitrogens with zero attached hydrogens (tertiary/aromatic N) is 2. The molecular weight excluding hydrogens is 704 g/mol. The highest BCUT2D eigenvalue weighted by Gasteiger charge is 2.83. The molecule has 0 radical (unpaired) electrons. The first kappa shape index (κ1) is 42.4. The molecule has 7 fully saturated rings. The molecule has 7 unspecified atom stereocenters. The van der Waals surface area contributed by atoms with E-state index in [0.29, 0.717) is 60.4 Å². The Bertz CT molecular complexity index is 1540. The van der Waals surface area contributed by atoms with E-state index >= 15 is 0 Å². The average molecular weight is 774 g/mol. The Kier molecular flexibility index (Phi) is 12.2. The Morgan fingerprint density at radius 2 is 1.62 bits per heavy atom. The van der Waals surface area contributed by atoms with Gasteiger partial charge in [-0.25, -0.2) is 8.78 Å². The second kappa shape index (κ2) is 15.9. The van der Waals surface area contributed by atoms with Crippen molar-refractivity contribution in [2.75, 3.05) is 39.9 Å². The van der Waals surface area contributed by atoms with Gasteiger partial charge in [-0.3, -0.25) is 14.5 Å². The van der Waals surface area contributed by atoms with Crippen molar-refractivity contribution >= 4 is 11.8 Å². The van der Waals surface area contributed by atoms with Crippen LogP contribution < -0.4 is 5.73 Å². The number of hydrogen-bond acceptors (Lipinski definition) is 7. The number of morpholine rings is 1. The molecule has 1 aromatic rings. The van der Waals surface area contributed by atoms with Crippen molar-refractivity contribution in [2.24, 2.45) is 50.6 Å². The van der Waals surface area contributed by atoms with E-state index in [9.17, 15) is 18.4 Å². The van der Waals surface area contributed by atoms with Gasteiger partial charge in [0, 0.05) is 39.7 Å². The fraction of sp³-hybridized carbons (Fsp3) is 0.818. The molecule has 3 N–H and O–H groups in total. The highest BCUT2D eigenvalue weighted by molar-refractivity contribution is 5.76. The zero-order chi connectivity index (χ0) is 40.1. The van der Waals surface area contributed by atoms with Crippen LogP contribution in [0.4, 0.5) is 8.78 Å². The van der Waals surface area contributed by atoms with Crippen LogP contribution in [0.5, 0.6) is 0 Å². The highest BCUT2D eigenvalue weighted by atomic mass is 19.1. The van der Waals surface area contributed by atoms with Crippen molar-refractivity contribution in [1.82, 2.24) is 9.80 Å². The summed E-state index contributed by atoms with van der Waals surface area (Å²) in [7, 11) is 1.00. The van der Waals surface area contributed by atoms with Crippen LogP contribution in [0.2, 0.25) is 0 Å². The van der Waals surface area contributed by atoms with Crippen LogP contribution in [0, 0.1) is 56.5 Å². The average Bonchev–Trinajstić information content (AvgIpc) is 3.74. The second-order valence-electron chi connectivity index (χ2n) is 18.9. The van der Waals surface area contributed by atoms with Gasteiger partial charge in [-0.05, 0) is 127 Å². The molecule has 2 heterocycles. The molecule has 8 rings (SSSR count). The first-order valence-corrected chi connectivity index (χ1v) is 21.2. The molecule has 5 saturated carbocycles. The summed E-state index contributed by atoms with van der Waals surface area (Å²) in [6.45, 7) is 18.3. The second-order valence-corrected chi connectivity index (χ2v) is 18.9. The molecule has 2 spiro atoms. The summed E-state index contributed by atoms with van der Waals surface area (Å²) in [6.07, 6.45) is 11.6. The fourth-order valence-electron chi connectivity index (χ4n) is 14.0. The fourth-order valence-corrected chi connectivity index (χ4v) is 14.0. The molecule has 11 heteroatoms. The summed E-state index contributed by atoms with van der Waals surface area (Å²) in [6, 6.07) is 3.48. The topological polar surface area (TPSA) is 115 Å². The minimum atomic E-state index is -0.627. The van der Waals surface area contributed by atoms with Gasteiger partial charge in [-0.15, -0.1) is 0 Å². The monoisotopic (exact) mass is 774 g/mol. The molecule has 0 aromatic heterocycles. The van der Waals surface area contributed by atoms with Crippen molar-refractivity contribution in [1.29, 1.82) is 0 Å². The largest absolute Gasteiger partial charge is 0.400 e. The quantitative estimate of drug-likeness (QED) is 0.291. The Labute approximate surface area is 328 Å². The van der Waals surface area contributed by atoms with Gasteiger partial charge in [0.15, 0.2) is 6.29 Å². The van der Waals surface area contributed by atoms with Gasteiger partial charge >= 0.3 is 0 Å². The van der Waals surface area contributed by atoms with E-state index in [-0.39, 0.29) is 65.8 Å². The predicted molar refractivity (Wildman–Crippen MR) is 207 cm³/mol. The Morgan fingerprint density at radius 3 is 2.29 bits per heavy atom. The van der Waals surface area contributed by atoms with Gasteiger partial charge < -0.3 is 30.0 Å². The third-order valence-electron chi connectivity index (χ3n) is 16.4. The van der Waals surface area contributed by atoms with E-state index < -0.39 is 11.6 Å². The Balaban J connectivity index is 0.00000125. The number of carbonyl (C=O) groups is 2. The molecule has 7 aliphatic rings. The Morgan fingerprint density at radius 1 is 0.945 bits per heavy atom. The minimum Gasteiger partial charge on any atom is -0.400 e. The molecule has 0 bridgehead atoms. The van der Waals surface area contributed by atoms with Crippen LogP contribution >= 0.6 is 0 Å². The molecule has 1 aromatic carbocycles. The van der Waals surface area contributed by atoms with Crippen LogP contribution in [0.15, 0.2) is 18.2 Å². The van der Waals surface area contributed by atoms with Gasteiger partial charge in [0.05, 0.1) is 38.0 Å². The number of benzene rings is 1. The highest BCUT2D eigenvalue weighted by Crippen LogP contribution is 2.89. The maximum absolute atomic E-state index is 13.9. The molecular formula is C44H69F2N3O6. The van der Waals surface area contributed by atoms with E-state index in [1.54, 1.807) is 4.90 Å². The summed E-state index contributed by atoms with van der Waals surface area (Å²) in [5.74, 6) is 0.135. The van der Waals surface area contributed by atoms with Crippen molar-refractivity contribution in [2.45, 2.75) is 144 Å². The number of fused-ring (bicyclic) bond motifs is 4. The number of aliphatic hydroxyl groups excluding tert-OH is 1. The molecule has 310 valence electrons. The third kappa shape index (κ3) is 7.18. The molecule has 11 atom stereocenters. The summed E-state index contributed by atoms with van der Waals surface area (Å²) < 4.78 is 47.7. The lowest BCUT2D eigenvalue weighted by atomic mass is 9.42. The zero-order valence-corrected chi connectivity index (χ0v) is 34.8. The summed E-state index contributed by atoms with van der Waals surface area (Å²) in [5, 5.41) is 7.00. The number of ether oxygens (including phenoxy) is 3. The smallest absolute Gasteiger partial charge is 0.231 e. The molecule has 2 saturated heterocycles. The maximum Gasteiger partial charge on any atom is 0.231 e. The molecule has 2 amide bonds. The summed E-state index contributed by atoms with van der Waals surface area (Å²) in [5.41, 5.74) is 7.17. The number of nitrogens with two attached hydrogens (primary N) is 1. The SMILES string of the molecule is CC.CC(=O)N(Cc1cc(F)cc(F)c1)CC1CCC2C(C[C@@]3(C)C4CC[C@H]5C(C)(C)[C@@H](OC6CN(CC(N)=O)CCO6)CCC56C[C@@]46CCC23C)O1.CO. The van der Waals surface area contributed by atoms with Crippen LogP contribution in [0.3, 0.4) is 0 Å². The van der Waals surface area contributed by atoms with Crippen molar-refractivity contribution in [3.63, 3.8) is 0 Å². The maximum atomic E-state index is 13.9. The number of hydrogen-bond donors (Lipinski definition) is 2. The zero-order valence-electron chi connectivity index (χ0n) is 34.8. The lowest BCUT2D eigenvalue weighted by molar-refractivity contribution is -0.246. The molecule has 55 heavy (non-hydrogen) atoms. The van der Waals surface area contributed by atoms with Gasteiger partial charge in [0.2, 0.25) is 11.8 Å². The molecule has 2 aliphatic heterocycles. The van der Waals surface area contributed by atoms with Crippen molar-refractivity contribution < 1.29 is 37.7 Å². The van der Waals surface area contributed by atoms with Gasteiger partial charge in [-0.2, -0.15) is 0 Å². The minimum absolute atomic E-state index is 0.0313. The lowest BCUT2D eigenvalue weighted by Gasteiger charge is -2.63. The van der Waals surface area contributed by atoms with Gasteiger partial charge in [0.25, 0.3) is 0 Å². The van der Waals surface area contributed by atoms with Crippen molar-refractivity contribution in [3.05, 3.63) is 35.4 Å². The normalized spacial score (nSPS) is 41.0. The standard InChI is InChI=1S/C41H59F2N3O5.C2H6.CH4O/c1-25(47)46(20-26-16-27(42)18-28(43)17-26)21-29-6-7-30-31(50-29)19-39(5)33-9-8-32-37(2,3)34(51-36-23-45(14-15-49-36)22-35(44)48)10-11-40(32)24-41(33,40)13-12-38(30,39)4;2*1-2/h16-18,29-34,36H,6-15,19-24H2,1-5H3,(H2,44,48);1-2H3;2H,1H3/t29?,30?,31?,32-,33?,34-,36?,38?,39-,40?,41-;;/m0../s1. The van der Waals surface area contributed by atoms with E-state index in [4.69, 9.17) is 25.1 Å². The lowest BCUT2D eigenvalue weighted by Crippen LogP contribution is -2.58. The molecule has 9 nitrogen and oxygen atoms in total. The number of carbonyl (C=O) groups excluding carboxylic acids is 2. The van der Waals surface area contributed by atoms with E-state index in [1.165, 1.54) is 57.6 Å². The number of halogens is 2. The van der Waals surface area contributed by atoms with Crippen LogP contribution in [0.25, 0.3) is 0 Å². The summed E-state index contributed by atoms with van der Waals surface area (Å²) in [4.78, 5) is 28.0. The van der Waals surface area contributed by atoms with E-state index in [0.717, 1.165) is 38.9 Å². The number of rotatable bonds is 8. The molecule has 5 aliphatic carbocycles. The van der Waals surface area contributed by atoms with Crippen LogP contribution in [-0.2, 0) is 30.3 Å². The van der Waals surface area contributed by atoms with E-state index in [2.05, 4.69) is 27.7 Å². The number of aliphatic hydroxyl groups is 1. The first-order chi connectivity index (χ1) is 26.1. The van der Waals surface area contributed by atoms with E-state index in [1.807, 2.05) is 18.7 Å². The number of amides is 2. The Hall–Kier alpha value is -2.18. The van der Waals surface area contributed by atoms with Gasteiger partial charge in [-0.1, -0.05) is 41.5 Å².